The molecule has 0 radical (unpaired) electrons. The molecule has 0 aromatic carbocycles. The molecule has 0 unspecified atom stereocenters. The molecule has 0 aliphatic rings. The van der Waals surface area contributed by atoms with Crippen LogP contribution in [0.15, 0.2) is 6.17 Å². The van der Waals surface area contributed by atoms with E-state index < -0.39 is 11.7 Å². The van der Waals surface area contributed by atoms with E-state index in [0.717, 1.165) is 0 Å². The van der Waals surface area contributed by atoms with E-state index in [-0.39, 0.29) is 12.1 Å². The third-order valence-electron chi connectivity index (χ3n) is 1.23. The average molecular weight is 250 g/mol. The van der Waals surface area contributed by atoms with Crippen LogP contribution in [0.1, 0.15) is 27.0 Å². The van der Waals surface area contributed by atoms with Crippen molar-refractivity contribution in [1.82, 2.24) is 4.98 Å². The van der Waals surface area contributed by atoms with Crippen LogP contribution in [0.4, 0.5) is 9.93 Å². The van der Waals surface area contributed by atoms with Gasteiger partial charge < -0.3 is 4.74 Å². The third-order valence-corrected chi connectivity index (χ3v) is 2.53. The summed E-state index contributed by atoms with van der Waals surface area (Å²) in [5, 5.41) is 2.79. The number of thiazole rings is 1. The highest BCUT2D eigenvalue weighted by Gasteiger charge is 2.17. The number of alkyl halides is 1. The van der Waals surface area contributed by atoms with Crippen LogP contribution in [0.3, 0.4) is 0 Å². The molecule has 1 rings (SSSR count). The molecule has 1 heterocycles. The van der Waals surface area contributed by atoms with Crippen LogP contribution in [0.5, 0.6) is 0 Å². The second-order valence-corrected chi connectivity index (χ2v) is 5.17. The Morgan fingerprint density at radius 1 is 1.80 bits per heavy atom. The molecule has 0 bridgehead atoms. The molecule has 0 atom stereocenters. The molecular formula is C9H13ClN2O2S. The number of nitrogens with one attached hydrogen (secondary N) is 1. The lowest BCUT2D eigenvalue weighted by Gasteiger charge is -2.18. The van der Waals surface area contributed by atoms with Gasteiger partial charge in [-0.15, -0.1) is 22.9 Å². The van der Waals surface area contributed by atoms with Crippen molar-refractivity contribution in [3.63, 3.8) is 0 Å². The number of carbonyl (C=O) groups excluding carboxylic acids is 1. The van der Waals surface area contributed by atoms with Gasteiger partial charge in [-0.1, -0.05) is 0 Å². The number of halogens is 1. The summed E-state index contributed by atoms with van der Waals surface area (Å²) in [4.78, 5) is 15.8. The van der Waals surface area contributed by atoms with Gasteiger partial charge in [0, 0.05) is 11.1 Å². The van der Waals surface area contributed by atoms with Crippen LogP contribution in [0.25, 0.3) is 0 Å². The van der Waals surface area contributed by atoms with Gasteiger partial charge in [-0.2, -0.15) is 0 Å². The summed E-state index contributed by atoms with van der Waals surface area (Å²) >= 11 is 6.77. The highest BCUT2D eigenvalue weighted by Crippen LogP contribution is 2.20. The summed E-state index contributed by atoms with van der Waals surface area (Å²) in [6, 6.07) is 0. The van der Waals surface area contributed by atoms with Gasteiger partial charge in [0.05, 0.1) is 7.25 Å². The first-order valence-electron chi connectivity index (χ1n) is 4.84. The van der Waals surface area contributed by atoms with Crippen molar-refractivity contribution in [2.24, 2.45) is 0 Å². The number of carbonyl (C=O) groups is 1. The number of hydrogen-bond acceptors (Lipinski definition) is 4. The highest BCUT2D eigenvalue weighted by atomic mass is 35.5. The van der Waals surface area contributed by atoms with Crippen LogP contribution in [-0.4, -0.2) is 16.7 Å². The molecule has 0 spiro atoms. The van der Waals surface area contributed by atoms with E-state index in [4.69, 9.17) is 17.7 Å². The number of hydrogen-bond donors (Lipinski definition) is 1. The Morgan fingerprint density at radius 2 is 2.47 bits per heavy atom. The van der Waals surface area contributed by atoms with Crippen molar-refractivity contribution in [3.05, 3.63) is 11.1 Å². The molecule has 0 fully saturated rings. The Bertz CT molecular complexity index is 389. The molecule has 1 aromatic heterocycles. The van der Waals surface area contributed by atoms with Crippen LogP contribution >= 0.6 is 22.9 Å². The molecule has 15 heavy (non-hydrogen) atoms. The van der Waals surface area contributed by atoms with E-state index in [0.29, 0.717) is 10.0 Å². The number of ether oxygens (including phenoxy) is 1. The van der Waals surface area contributed by atoms with Crippen molar-refractivity contribution in [2.45, 2.75) is 32.3 Å². The lowest BCUT2D eigenvalue weighted by Crippen LogP contribution is -2.27. The van der Waals surface area contributed by atoms with E-state index in [1.807, 2.05) is 0 Å². The predicted octanol–water partition coefficient (Wildman–Crippen LogP) is 3.23. The summed E-state index contributed by atoms with van der Waals surface area (Å²) in [7, 11) is 0. The van der Waals surface area contributed by atoms with Gasteiger partial charge in [0.2, 0.25) is 0 Å². The zero-order valence-electron chi connectivity index (χ0n) is 9.76. The lowest BCUT2D eigenvalue weighted by atomic mass is 10.2. The number of amides is 1. The lowest BCUT2D eigenvalue weighted by molar-refractivity contribution is 0.0636. The smallest absolute Gasteiger partial charge is 0.413 e. The largest absolute Gasteiger partial charge is 0.444 e. The van der Waals surface area contributed by atoms with Crippen LogP contribution in [-0.2, 0) is 10.6 Å². The Morgan fingerprint density at radius 3 is 2.93 bits per heavy atom. The zero-order valence-corrected chi connectivity index (χ0v) is 10.3. The monoisotopic (exact) mass is 249 g/mol. The first-order chi connectivity index (χ1) is 7.31. The SMILES string of the molecule is [2H]c1nc(NC(=O)OC(C)(C)C)sc1CCl. The van der Waals surface area contributed by atoms with Crippen LogP contribution < -0.4 is 5.32 Å². The molecular weight excluding hydrogens is 236 g/mol. The number of rotatable bonds is 2. The van der Waals surface area contributed by atoms with Gasteiger partial charge in [0.15, 0.2) is 5.13 Å². The fourth-order valence-electron chi connectivity index (χ4n) is 0.777. The fraction of sp³-hybridized carbons (Fsp3) is 0.556. The summed E-state index contributed by atoms with van der Waals surface area (Å²) in [6.07, 6.45) is -0.492. The van der Waals surface area contributed by atoms with Crippen molar-refractivity contribution in [3.8, 4) is 0 Å². The predicted molar refractivity (Wildman–Crippen MR) is 61.5 cm³/mol. The average Bonchev–Trinajstić information content (AvgIpc) is 2.42. The Hall–Kier alpha value is -0.810. The second-order valence-electron chi connectivity index (χ2n) is 3.81. The van der Waals surface area contributed by atoms with Crippen molar-refractivity contribution < 1.29 is 10.9 Å². The first-order valence-corrected chi connectivity index (χ1v) is 5.69. The van der Waals surface area contributed by atoms with Gasteiger partial charge in [0.1, 0.15) is 5.60 Å². The minimum Gasteiger partial charge on any atom is -0.444 e. The van der Waals surface area contributed by atoms with Gasteiger partial charge in [-0.25, -0.2) is 9.78 Å². The summed E-state index contributed by atoms with van der Waals surface area (Å²) in [5.74, 6) is 0.215. The van der Waals surface area contributed by atoms with E-state index >= 15 is 0 Å². The van der Waals surface area contributed by atoms with Gasteiger partial charge in [-0.3, -0.25) is 5.32 Å². The molecule has 4 nitrogen and oxygen atoms in total. The highest BCUT2D eigenvalue weighted by molar-refractivity contribution is 7.15. The Kier molecular flexibility index (Phi) is 3.43. The van der Waals surface area contributed by atoms with Crippen molar-refractivity contribution in [2.75, 3.05) is 5.32 Å². The maximum atomic E-state index is 11.4. The standard InChI is InChI=1S/C9H13ClN2O2S/c1-9(2,3)14-8(13)12-7-11-5-6(4-10)15-7/h5H,4H2,1-3H3,(H,11,12,13)/i5D. The van der Waals surface area contributed by atoms with Gasteiger partial charge >= 0.3 is 6.09 Å². The maximum absolute atomic E-state index is 11.4. The second kappa shape index (κ2) is 4.81. The zero-order chi connectivity index (χ0) is 12.3. The third kappa shape index (κ3) is 4.48. The Balaban J connectivity index is 2.63. The van der Waals surface area contributed by atoms with Crippen LogP contribution in [0, 0.1) is 0 Å². The summed E-state index contributed by atoms with van der Waals surface area (Å²) in [6.45, 7) is 5.32. The molecule has 84 valence electrons. The quantitative estimate of drug-likeness (QED) is 0.819. The molecule has 1 N–H and O–H groups in total. The molecule has 0 saturated carbocycles. The van der Waals surface area contributed by atoms with Gasteiger partial charge in [0.25, 0.3) is 0 Å². The molecule has 6 heteroatoms. The molecule has 1 amide bonds. The van der Waals surface area contributed by atoms with Crippen LogP contribution in [0.2, 0.25) is 0 Å². The molecule has 0 saturated heterocycles. The van der Waals surface area contributed by atoms with Gasteiger partial charge in [-0.05, 0) is 20.8 Å². The number of nitrogens with zero attached hydrogens (tertiary/aromatic N) is 1. The van der Waals surface area contributed by atoms with E-state index in [9.17, 15) is 4.79 Å². The van der Waals surface area contributed by atoms with Crippen molar-refractivity contribution >= 4 is 34.2 Å². The van der Waals surface area contributed by atoms with E-state index in [2.05, 4.69) is 10.3 Å². The summed E-state index contributed by atoms with van der Waals surface area (Å²) in [5.41, 5.74) is -0.555. The first kappa shape index (κ1) is 10.7. The minimum atomic E-state index is -0.581. The topological polar surface area (TPSA) is 51.2 Å². The van der Waals surface area contributed by atoms with E-state index in [1.165, 1.54) is 11.3 Å². The minimum absolute atomic E-state index is 0.0889. The molecule has 1 aromatic rings. The molecule has 0 aliphatic heterocycles. The number of aromatic nitrogens is 1. The number of anilines is 1. The molecule has 0 aliphatic carbocycles. The Labute approximate surface area is 99.0 Å². The summed E-state index contributed by atoms with van der Waals surface area (Å²) < 4.78 is 12.5. The normalized spacial score (nSPS) is 12.1. The maximum Gasteiger partial charge on any atom is 0.413 e. The van der Waals surface area contributed by atoms with Crippen molar-refractivity contribution in [1.29, 1.82) is 0 Å². The fourth-order valence-corrected chi connectivity index (χ4v) is 1.61. The van der Waals surface area contributed by atoms with E-state index in [1.54, 1.807) is 20.8 Å².